The molecule has 2 N–H and O–H groups in total. The minimum Gasteiger partial charge on any atom is -0.497 e. The predicted molar refractivity (Wildman–Crippen MR) is 91.3 cm³/mol. The molecule has 0 spiro atoms. The molecule has 22 heavy (non-hydrogen) atoms. The number of hydrogen-bond acceptors (Lipinski definition) is 2. The van der Waals surface area contributed by atoms with Gasteiger partial charge in [0.1, 0.15) is 5.75 Å². The highest BCUT2D eigenvalue weighted by molar-refractivity contribution is 5.82. The standard InChI is InChI=1S/C19H22N2O/c1-22-17-8-4-6-15(12-17)13-20-11-5-7-16-14-21-19-10-3-2-9-18(16)19/h2-4,6,8-10,12,14,20-21H,5,7,11,13H2,1H3. The number of H-pyrrole nitrogens is 1. The summed E-state index contributed by atoms with van der Waals surface area (Å²) in [6.45, 7) is 1.89. The Hall–Kier alpha value is -2.26. The summed E-state index contributed by atoms with van der Waals surface area (Å²) in [5, 5.41) is 4.84. The van der Waals surface area contributed by atoms with Crippen LogP contribution in [0.3, 0.4) is 0 Å². The number of aromatic nitrogens is 1. The van der Waals surface area contributed by atoms with E-state index in [1.165, 1.54) is 22.0 Å². The minimum absolute atomic E-state index is 0.880. The monoisotopic (exact) mass is 294 g/mol. The van der Waals surface area contributed by atoms with E-state index in [0.717, 1.165) is 31.7 Å². The van der Waals surface area contributed by atoms with Crippen molar-refractivity contribution in [2.24, 2.45) is 0 Å². The summed E-state index contributed by atoms with van der Waals surface area (Å²) < 4.78 is 5.24. The lowest BCUT2D eigenvalue weighted by atomic mass is 10.1. The molecule has 0 saturated heterocycles. The number of fused-ring (bicyclic) bond motifs is 1. The van der Waals surface area contributed by atoms with Gasteiger partial charge in [-0.2, -0.15) is 0 Å². The lowest BCUT2D eigenvalue weighted by Gasteiger charge is -2.06. The summed E-state index contributed by atoms with van der Waals surface area (Å²) >= 11 is 0. The van der Waals surface area contributed by atoms with E-state index in [9.17, 15) is 0 Å². The van der Waals surface area contributed by atoms with Crippen molar-refractivity contribution in [3.05, 3.63) is 65.9 Å². The molecule has 1 heterocycles. The Morgan fingerprint density at radius 1 is 1.09 bits per heavy atom. The first-order valence-corrected chi connectivity index (χ1v) is 7.75. The van der Waals surface area contributed by atoms with Gasteiger partial charge < -0.3 is 15.0 Å². The summed E-state index contributed by atoms with van der Waals surface area (Å²) in [6.07, 6.45) is 4.35. The van der Waals surface area contributed by atoms with E-state index in [-0.39, 0.29) is 0 Å². The maximum atomic E-state index is 5.24. The third-order valence-electron chi connectivity index (χ3n) is 3.94. The Balaban J connectivity index is 1.45. The molecule has 0 unspecified atom stereocenters. The highest BCUT2D eigenvalue weighted by Gasteiger charge is 2.02. The van der Waals surface area contributed by atoms with E-state index in [2.05, 4.69) is 52.9 Å². The highest BCUT2D eigenvalue weighted by Crippen LogP contribution is 2.18. The molecule has 3 aromatic rings. The summed E-state index contributed by atoms with van der Waals surface area (Å²) in [5.41, 5.74) is 3.88. The fourth-order valence-corrected chi connectivity index (χ4v) is 2.76. The van der Waals surface area contributed by atoms with E-state index in [0.29, 0.717) is 0 Å². The van der Waals surface area contributed by atoms with Crippen LogP contribution in [0.15, 0.2) is 54.7 Å². The van der Waals surface area contributed by atoms with Crippen molar-refractivity contribution in [3.63, 3.8) is 0 Å². The summed E-state index contributed by atoms with van der Waals surface area (Å²) in [5.74, 6) is 0.915. The molecule has 0 aliphatic heterocycles. The molecule has 2 aromatic carbocycles. The lowest BCUT2D eigenvalue weighted by molar-refractivity contribution is 0.414. The van der Waals surface area contributed by atoms with E-state index >= 15 is 0 Å². The Morgan fingerprint density at radius 2 is 2.00 bits per heavy atom. The topological polar surface area (TPSA) is 37.0 Å². The molecule has 3 rings (SSSR count). The molecule has 0 bridgehead atoms. The number of nitrogens with one attached hydrogen (secondary N) is 2. The molecule has 0 amide bonds. The lowest BCUT2D eigenvalue weighted by Crippen LogP contribution is -2.15. The average molecular weight is 294 g/mol. The average Bonchev–Trinajstić information content (AvgIpc) is 2.98. The van der Waals surface area contributed by atoms with Crippen LogP contribution < -0.4 is 10.1 Å². The van der Waals surface area contributed by atoms with Gasteiger partial charge in [0.05, 0.1) is 7.11 Å². The second-order valence-corrected chi connectivity index (χ2v) is 5.49. The maximum Gasteiger partial charge on any atom is 0.119 e. The summed E-state index contributed by atoms with van der Waals surface area (Å²) in [4.78, 5) is 3.33. The number of methoxy groups -OCH3 is 1. The smallest absolute Gasteiger partial charge is 0.119 e. The maximum absolute atomic E-state index is 5.24. The van der Waals surface area contributed by atoms with Gasteiger partial charge in [0.2, 0.25) is 0 Å². The molecule has 1 aromatic heterocycles. The predicted octanol–water partition coefficient (Wildman–Crippen LogP) is 3.90. The molecule has 0 saturated carbocycles. The fraction of sp³-hybridized carbons (Fsp3) is 0.263. The first-order valence-electron chi connectivity index (χ1n) is 7.75. The van der Waals surface area contributed by atoms with Gasteiger partial charge in [0, 0.05) is 23.6 Å². The number of para-hydroxylation sites is 1. The zero-order valence-electron chi connectivity index (χ0n) is 12.9. The van der Waals surface area contributed by atoms with Crippen molar-refractivity contribution in [3.8, 4) is 5.75 Å². The molecule has 114 valence electrons. The molecule has 0 aliphatic rings. The van der Waals surface area contributed by atoms with E-state index in [4.69, 9.17) is 4.74 Å². The Labute approximate surface area is 131 Å². The van der Waals surface area contributed by atoms with Gasteiger partial charge in [-0.3, -0.25) is 0 Å². The van der Waals surface area contributed by atoms with Crippen LogP contribution >= 0.6 is 0 Å². The van der Waals surface area contributed by atoms with Crippen LogP contribution in [0, 0.1) is 0 Å². The molecule has 0 atom stereocenters. The van der Waals surface area contributed by atoms with Gasteiger partial charge in [-0.05, 0) is 48.7 Å². The van der Waals surface area contributed by atoms with E-state index < -0.39 is 0 Å². The van der Waals surface area contributed by atoms with Crippen LogP contribution in [0.5, 0.6) is 5.75 Å². The molecule has 0 aliphatic carbocycles. The minimum atomic E-state index is 0.880. The van der Waals surface area contributed by atoms with Gasteiger partial charge in [0.25, 0.3) is 0 Å². The zero-order valence-corrected chi connectivity index (χ0v) is 12.9. The highest BCUT2D eigenvalue weighted by atomic mass is 16.5. The van der Waals surface area contributed by atoms with E-state index in [1.807, 2.05) is 12.1 Å². The number of benzene rings is 2. The van der Waals surface area contributed by atoms with Gasteiger partial charge in [-0.1, -0.05) is 30.3 Å². The Morgan fingerprint density at radius 3 is 2.91 bits per heavy atom. The van der Waals surface area contributed by atoms with Gasteiger partial charge in [0.15, 0.2) is 0 Å². The van der Waals surface area contributed by atoms with E-state index in [1.54, 1.807) is 7.11 Å². The number of rotatable bonds is 7. The Bertz CT molecular complexity index is 733. The second-order valence-electron chi connectivity index (χ2n) is 5.49. The first kappa shape index (κ1) is 14.7. The SMILES string of the molecule is COc1cccc(CNCCCc2c[nH]c3ccccc23)c1. The fourth-order valence-electron chi connectivity index (χ4n) is 2.76. The zero-order chi connectivity index (χ0) is 15.2. The van der Waals surface area contributed by atoms with Crippen LogP contribution in [0.2, 0.25) is 0 Å². The summed E-state index contributed by atoms with van der Waals surface area (Å²) in [6, 6.07) is 16.7. The van der Waals surface area contributed by atoms with Crippen molar-refractivity contribution in [2.75, 3.05) is 13.7 Å². The molecule has 3 nitrogen and oxygen atoms in total. The third-order valence-corrected chi connectivity index (χ3v) is 3.94. The van der Waals surface area contributed by atoms with Crippen LogP contribution in [0.4, 0.5) is 0 Å². The van der Waals surface area contributed by atoms with Gasteiger partial charge >= 0.3 is 0 Å². The normalized spacial score (nSPS) is 11.0. The third kappa shape index (κ3) is 3.49. The van der Waals surface area contributed by atoms with Crippen LogP contribution in [0.25, 0.3) is 10.9 Å². The van der Waals surface area contributed by atoms with Crippen LogP contribution in [-0.2, 0) is 13.0 Å². The van der Waals surface area contributed by atoms with Crippen molar-refractivity contribution in [2.45, 2.75) is 19.4 Å². The van der Waals surface area contributed by atoms with Crippen molar-refractivity contribution < 1.29 is 4.74 Å². The number of ether oxygens (including phenoxy) is 1. The molecule has 3 heteroatoms. The van der Waals surface area contributed by atoms with Crippen molar-refractivity contribution in [1.82, 2.24) is 10.3 Å². The quantitative estimate of drug-likeness (QED) is 0.648. The van der Waals surface area contributed by atoms with Crippen LogP contribution in [0.1, 0.15) is 17.5 Å². The number of aromatic amines is 1. The van der Waals surface area contributed by atoms with Gasteiger partial charge in [-0.15, -0.1) is 0 Å². The first-order chi connectivity index (χ1) is 10.9. The van der Waals surface area contributed by atoms with Crippen molar-refractivity contribution >= 4 is 10.9 Å². The number of aryl methyl sites for hydroxylation is 1. The van der Waals surface area contributed by atoms with Gasteiger partial charge in [-0.25, -0.2) is 0 Å². The molecule has 0 radical (unpaired) electrons. The largest absolute Gasteiger partial charge is 0.497 e. The molecular formula is C19H22N2O. The van der Waals surface area contributed by atoms with Crippen LogP contribution in [-0.4, -0.2) is 18.6 Å². The number of hydrogen-bond donors (Lipinski definition) is 2. The second kappa shape index (κ2) is 7.14. The van der Waals surface area contributed by atoms with Crippen molar-refractivity contribution in [1.29, 1.82) is 0 Å². The molecular weight excluding hydrogens is 272 g/mol. The molecule has 0 fully saturated rings. The Kier molecular flexibility index (Phi) is 4.76. The summed E-state index contributed by atoms with van der Waals surface area (Å²) in [7, 11) is 1.70.